The fraction of sp³-hybridized carbons (Fsp3) is 0.667. The van der Waals surface area contributed by atoms with E-state index in [2.05, 4.69) is 15.5 Å². The molecule has 0 radical (unpaired) electrons. The van der Waals surface area contributed by atoms with E-state index >= 15 is 0 Å². The molecular formula is C12H19N3O2. The van der Waals surface area contributed by atoms with Crippen LogP contribution in [0.25, 0.3) is 0 Å². The Balaban J connectivity index is 1.70. The number of aromatic nitrogens is 2. The van der Waals surface area contributed by atoms with Gasteiger partial charge in [-0.05, 0) is 25.8 Å². The smallest absolute Gasteiger partial charge is 0.220 e. The van der Waals surface area contributed by atoms with Crippen LogP contribution in [0, 0.1) is 19.8 Å². The van der Waals surface area contributed by atoms with Crippen LogP contribution in [0.4, 0.5) is 0 Å². The number of aromatic amines is 1. The molecule has 0 saturated carbocycles. The summed E-state index contributed by atoms with van der Waals surface area (Å²) in [5.74, 6) is 0.546. The number of H-pyrrole nitrogens is 1. The number of ether oxygens (including phenoxy) is 1. The number of carbonyl (C=O) groups is 1. The van der Waals surface area contributed by atoms with Gasteiger partial charge in [0.2, 0.25) is 5.91 Å². The number of hydrogen-bond donors (Lipinski definition) is 2. The quantitative estimate of drug-likeness (QED) is 0.793. The lowest BCUT2D eigenvalue weighted by Gasteiger charge is -2.25. The van der Waals surface area contributed by atoms with E-state index < -0.39 is 0 Å². The summed E-state index contributed by atoms with van der Waals surface area (Å²) in [5, 5.41) is 10.0. The molecule has 0 unspecified atom stereocenters. The van der Waals surface area contributed by atoms with Crippen LogP contribution in [-0.2, 0) is 16.0 Å². The van der Waals surface area contributed by atoms with E-state index in [1.165, 1.54) is 5.56 Å². The van der Waals surface area contributed by atoms with E-state index in [4.69, 9.17) is 4.74 Å². The van der Waals surface area contributed by atoms with Gasteiger partial charge in [0.15, 0.2) is 0 Å². The lowest BCUT2D eigenvalue weighted by Crippen LogP contribution is -2.35. The fourth-order valence-electron chi connectivity index (χ4n) is 2.01. The highest BCUT2D eigenvalue weighted by Crippen LogP contribution is 2.14. The average Bonchev–Trinajstić information content (AvgIpc) is 2.55. The molecule has 17 heavy (non-hydrogen) atoms. The van der Waals surface area contributed by atoms with Crippen LogP contribution >= 0.6 is 0 Å². The SMILES string of the molecule is Cc1n[nH]c(C)c1CCNC(=O)CC1COC1. The molecule has 0 spiro atoms. The Bertz CT molecular complexity index is 377. The third-order valence-electron chi connectivity index (χ3n) is 3.16. The number of nitrogens with zero attached hydrogens (tertiary/aromatic N) is 1. The van der Waals surface area contributed by atoms with E-state index in [0.717, 1.165) is 31.0 Å². The Hall–Kier alpha value is -1.36. The molecular weight excluding hydrogens is 218 g/mol. The van der Waals surface area contributed by atoms with Crippen molar-refractivity contribution in [2.45, 2.75) is 26.7 Å². The molecule has 2 N–H and O–H groups in total. The Kier molecular flexibility index (Phi) is 3.78. The van der Waals surface area contributed by atoms with Gasteiger partial charge in [-0.3, -0.25) is 9.89 Å². The van der Waals surface area contributed by atoms with E-state index in [-0.39, 0.29) is 5.91 Å². The van der Waals surface area contributed by atoms with Crippen molar-refractivity contribution in [1.29, 1.82) is 0 Å². The highest BCUT2D eigenvalue weighted by atomic mass is 16.5. The lowest BCUT2D eigenvalue weighted by molar-refractivity contribution is -0.126. The minimum atomic E-state index is 0.122. The van der Waals surface area contributed by atoms with Gasteiger partial charge in [-0.1, -0.05) is 0 Å². The Morgan fingerprint density at radius 3 is 2.82 bits per heavy atom. The van der Waals surface area contributed by atoms with E-state index in [9.17, 15) is 4.79 Å². The van der Waals surface area contributed by atoms with E-state index in [0.29, 0.717) is 18.9 Å². The fourth-order valence-corrected chi connectivity index (χ4v) is 2.01. The maximum atomic E-state index is 11.6. The normalized spacial score (nSPS) is 15.6. The maximum Gasteiger partial charge on any atom is 0.220 e. The van der Waals surface area contributed by atoms with Crippen molar-refractivity contribution in [1.82, 2.24) is 15.5 Å². The maximum absolute atomic E-state index is 11.6. The van der Waals surface area contributed by atoms with E-state index in [1.54, 1.807) is 0 Å². The molecule has 5 heteroatoms. The summed E-state index contributed by atoms with van der Waals surface area (Å²) in [5.41, 5.74) is 3.31. The minimum absolute atomic E-state index is 0.122. The summed E-state index contributed by atoms with van der Waals surface area (Å²) < 4.78 is 5.04. The first-order chi connectivity index (χ1) is 8.16. The molecule has 0 bridgehead atoms. The second-order valence-electron chi connectivity index (χ2n) is 4.62. The summed E-state index contributed by atoms with van der Waals surface area (Å²) in [4.78, 5) is 11.6. The molecule has 94 valence electrons. The van der Waals surface area contributed by atoms with Crippen molar-refractivity contribution < 1.29 is 9.53 Å². The largest absolute Gasteiger partial charge is 0.381 e. The van der Waals surface area contributed by atoms with Crippen molar-refractivity contribution in [3.63, 3.8) is 0 Å². The zero-order valence-electron chi connectivity index (χ0n) is 10.4. The van der Waals surface area contributed by atoms with Crippen LogP contribution in [0.5, 0.6) is 0 Å². The van der Waals surface area contributed by atoms with Gasteiger partial charge in [-0.15, -0.1) is 0 Å². The molecule has 5 nitrogen and oxygen atoms in total. The number of carbonyl (C=O) groups excluding carboxylic acids is 1. The first-order valence-corrected chi connectivity index (χ1v) is 6.01. The van der Waals surface area contributed by atoms with Gasteiger partial charge in [-0.25, -0.2) is 0 Å². The van der Waals surface area contributed by atoms with Gasteiger partial charge in [-0.2, -0.15) is 5.10 Å². The Morgan fingerprint density at radius 1 is 1.53 bits per heavy atom. The lowest BCUT2D eigenvalue weighted by atomic mass is 10.0. The van der Waals surface area contributed by atoms with Crippen LogP contribution in [0.3, 0.4) is 0 Å². The second kappa shape index (κ2) is 5.31. The van der Waals surface area contributed by atoms with Crippen LogP contribution in [0.15, 0.2) is 0 Å². The molecule has 0 aliphatic carbocycles. The number of aryl methyl sites for hydroxylation is 2. The third-order valence-corrected chi connectivity index (χ3v) is 3.16. The number of amides is 1. The standard InChI is InChI=1S/C12H19N3O2/c1-8-11(9(2)15-14-8)3-4-13-12(16)5-10-6-17-7-10/h10H,3-7H2,1-2H3,(H,13,16)(H,14,15). The zero-order chi connectivity index (χ0) is 12.3. The second-order valence-corrected chi connectivity index (χ2v) is 4.62. The van der Waals surface area contributed by atoms with Crippen molar-refractivity contribution in [2.75, 3.05) is 19.8 Å². The molecule has 1 aromatic rings. The molecule has 1 saturated heterocycles. The van der Waals surface area contributed by atoms with Crippen molar-refractivity contribution in [3.05, 3.63) is 17.0 Å². The number of nitrogens with one attached hydrogen (secondary N) is 2. The van der Waals surface area contributed by atoms with Gasteiger partial charge in [0, 0.05) is 24.6 Å². The van der Waals surface area contributed by atoms with Gasteiger partial charge >= 0.3 is 0 Å². The topological polar surface area (TPSA) is 67.0 Å². The number of rotatable bonds is 5. The first kappa shape index (κ1) is 12.1. The van der Waals surface area contributed by atoms with Crippen LogP contribution in [0.1, 0.15) is 23.4 Å². The zero-order valence-corrected chi connectivity index (χ0v) is 10.4. The van der Waals surface area contributed by atoms with Gasteiger partial charge in [0.05, 0.1) is 18.9 Å². The molecule has 1 aliphatic rings. The highest BCUT2D eigenvalue weighted by molar-refractivity contribution is 5.76. The van der Waals surface area contributed by atoms with Crippen LogP contribution < -0.4 is 5.32 Å². The monoisotopic (exact) mass is 237 g/mol. The molecule has 2 rings (SSSR count). The predicted octanol–water partition coefficient (Wildman–Crippen LogP) is 0.722. The van der Waals surface area contributed by atoms with Gasteiger partial charge < -0.3 is 10.1 Å². The molecule has 2 heterocycles. The summed E-state index contributed by atoms with van der Waals surface area (Å²) in [6.45, 7) is 6.11. The summed E-state index contributed by atoms with van der Waals surface area (Å²) in [7, 11) is 0. The average molecular weight is 237 g/mol. The minimum Gasteiger partial charge on any atom is -0.381 e. The molecule has 1 fully saturated rings. The highest BCUT2D eigenvalue weighted by Gasteiger charge is 2.21. The molecule has 1 amide bonds. The molecule has 0 aromatic carbocycles. The molecule has 1 aliphatic heterocycles. The first-order valence-electron chi connectivity index (χ1n) is 6.01. The third kappa shape index (κ3) is 3.06. The van der Waals surface area contributed by atoms with Crippen molar-refractivity contribution >= 4 is 5.91 Å². The molecule has 1 aromatic heterocycles. The van der Waals surface area contributed by atoms with Crippen LogP contribution in [0.2, 0.25) is 0 Å². The summed E-state index contributed by atoms with van der Waals surface area (Å²) in [6.07, 6.45) is 1.42. The van der Waals surface area contributed by atoms with Crippen molar-refractivity contribution in [3.8, 4) is 0 Å². The summed E-state index contributed by atoms with van der Waals surface area (Å²) >= 11 is 0. The Morgan fingerprint density at radius 2 is 2.29 bits per heavy atom. The molecule has 0 atom stereocenters. The van der Waals surface area contributed by atoms with Crippen LogP contribution in [-0.4, -0.2) is 35.9 Å². The predicted molar refractivity (Wildman–Crippen MR) is 63.7 cm³/mol. The number of hydrogen-bond acceptors (Lipinski definition) is 3. The van der Waals surface area contributed by atoms with E-state index in [1.807, 2.05) is 13.8 Å². The van der Waals surface area contributed by atoms with Gasteiger partial charge in [0.1, 0.15) is 0 Å². The Labute approximate surface area is 101 Å². The van der Waals surface area contributed by atoms with Crippen molar-refractivity contribution in [2.24, 2.45) is 5.92 Å². The summed E-state index contributed by atoms with van der Waals surface area (Å²) in [6, 6.07) is 0. The van der Waals surface area contributed by atoms with Gasteiger partial charge in [0.25, 0.3) is 0 Å².